The van der Waals surface area contributed by atoms with Crippen molar-refractivity contribution >= 4 is 17.4 Å². The van der Waals surface area contributed by atoms with E-state index in [1.54, 1.807) is 0 Å². The van der Waals surface area contributed by atoms with Gasteiger partial charge in [0.15, 0.2) is 11.0 Å². The summed E-state index contributed by atoms with van der Waals surface area (Å²) < 4.78 is 5.67. The summed E-state index contributed by atoms with van der Waals surface area (Å²) in [6, 6.07) is 0. The molecule has 2 rings (SSSR count). The minimum absolute atomic E-state index is 0.357. The van der Waals surface area contributed by atoms with Crippen LogP contribution in [0.25, 0.3) is 0 Å². The molecule has 0 aliphatic carbocycles. The second-order valence-electron chi connectivity index (χ2n) is 4.78. The Morgan fingerprint density at radius 2 is 2.06 bits per heavy atom. The topological polar surface area (TPSA) is 47.0 Å². The molecule has 2 unspecified atom stereocenters. The lowest BCUT2D eigenvalue weighted by Gasteiger charge is -2.18. The molecule has 4 nitrogen and oxygen atoms in total. The Bertz CT molecular complexity index is 425. The first kappa shape index (κ1) is 13.6. The third-order valence-corrected chi connectivity index (χ3v) is 3.81. The molecule has 5 heteroatoms. The van der Waals surface area contributed by atoms with Crippen LogP contribution in [0.15, 0.2) is 0 Å². The van der Waals surface area contributed by atoms with Crippen LogP contribution in [0.2, 0.25) is 5.15 Å². The van der Waals surface area contributed by atoms with Crippen molar-refractivity contribution in [2.24, 2.45) is 5.92 Å². The van der Waals surface area contributed by atoms with Gasteiger partial charge in [-0.15, -0.1) is 0 Å². The Kier molecular flexibility index (Phi) is 4.40. The zero-order chi connectivity index (χ0) is 13.1. The lowest BCUT2D eigenvalue weighted by molar-refractivity contribution is 0.0900. The third-order valence-electron chi connectivity index (χ3n) is 3.54. The average molecular weight is 270 g/mol. The molecule has 0 amide bonds. The van der Waals surface area contributed by atoms with Crippen molar-refractivity contribution in [2.45, 2.75) is 39.7 Å². The molecule has 0 saturated carbocycles. The van der Waals surface area contributed by atoms with Crippen molar-refractivity contribution in [1.82, 2.24) is 9.97 Å². The van der Waals surface area contributed by atoms with Crippen LogP contribution in [-0.4, -0.2) is 29.2 Å². The molecule has 1 aliphatic rings. The fraction of sp³-hybridized carbons (Fsp3) is 0.692. The highest BCUT2D eigenvalue weighted by molar-refractivity contribution is 6.31. The predicted octanol–water partition coefficient (Wildman–Crippen LogP) is 2.97. The lowest BCUT2D eigenvalue weighted by Crippen LogP contribution is -2.23. The van der Waals surface area contributed by atoms with Gasteiger partial charge >= 0.3 is 0 Å². The second kappa shape index (κ2) is 5.85. The standard InChI is InChI=1S/C13H20ClN3O/c1-4-11-10(5-6-18-11)7-15-13-12(14)16-8(2)9(3)17-13/h10-11H,4-7H2,1-3H3,(H,15,17). The molecular formula is C13H20ClN3O. The van der Waals surface area contributed by atoms with E-state index in [4.69, 9.17) is 16.3 Å². The van der Waals surface area contributed by atoms with Crippen LogP contribution in [0.3, 0.4) is 0 Å². The van der Waals surface area contributed by atoms with Gasteiger partial charge in [0, 0.05) is 19.1 Å². The summed E-state index contributed by atoms with van der Waals surface area (Å²) in [4.78, 5) is 8.70. The number of halogens is 1. The van der Waals surface area contributed by atoms with Crippen LogP contribution in [0, 0.1) is 19.8 Å². The van der Waals surface area contributed by atoms with Gasteiger partial charge in [-0.3, -0.25) is 0 Å². The zero-order valence-corrected chi connectivity index (χ0v) is 11.9. The van der Waals surface area contributed by atoms with E-state index >= 15 is 0 Å². The van der Waals surface area contributed by atoms with E-state index in [1.165, 1.54) is 0 Å². The lowest BCUT2D eigenvalue weighted by atomic mass is 10.00. The monoisotopic (exact) mass is 269 g/mol. The Balaban J connectivity index is 2.00. The summed E-state index contributed by atoms with van der Waals surface area (Å²) in [7, 11) is 0. The zero-order valence-electron chi connectivity index (χ0n) is 11.2. The normalized spacial score (nSPS) is 23.3. The molecule has 1 N–H and O–H groups in total. The van der Waals surface area contributed by atoms with E-state index in [-0.39, 0.29) is 0 Å². The highest BCUT2D eigenvalue weighted by Gasteiger charge is 2.26. The van der Waals surface area contributed by atoms with Crippen molar-refractivity contribution in [3.8, 4) is 0 Å². The first-order chi connectivity index (χ1) is 8.61. The average Bonchev–Trinajstić information content (AvgIpc) is 2.79. The Hall–Kier alpha value is -0.870. The van der Waals surface area contributed by atoms with Gasteiger partial charge in [0.25, 0.3) is 0 Å². The smallest absolute Gasteiger partial charge is 0.171 e. The number of nitrogens with one attached hydrogen (secondary N) is 1. The quantitative estimate of drug-likeness (QED) is 0.913. The molecule has 0 bridgehead atoms. The van der Waals surface area contributed by atoms with E-state index in [0.717, 1.165) is 37.4 Å². The maximum Gasteiger partial charge on any atom is 0.171 e. The third kappa shape index (κ3) is 2.93. The number of ether oxygens (including phenoxy) is 1. The molecule has 0 aromatic carbocycles. The fourth-order valence-electron chi connectivity index (χ4n) is 2.29. The summed E-state index contributed by atoms with van der Waals surface area (Å²) in [6.07, 6.45) is 2.51. The molecule has 1 aromatic rings. The SMILES string of the molecule is CCC1OCCC1CNc1nc(C)c(C)nc1Cl. The Morgan fingerprint density at radius 1 is 1.33 bits per heavy atom. The maximum absolute atomic E-state index is 6.09. The number of rotatable bonds is 4. The Morgan fingerprint density at radius 3 is 2.78 bits per heavy atom. The van der Waals surface area contributed by atoms with Gasteiger partial charge < -0.3 is 10.1 Å². The molecule has 1 fully saturated rings. The van der Waals surface area contributed by atoms with Gasteiger partial charge in [-0.25, -0.2) is 9.97 Å². The van der Waals surface area contributed by atoms with Crippen LogP contribution < -0.4 is 5.32 Å². The van der Waals surface area contributed by atoms with Crippen molar-refractivity contribution in [3.63, 3.8) is 0 Å². The van der Waals surface area contributed by atoms with Crippen molar-refractivity contribution in [2.75, 3.05) is 18.5 Å². The van der Waals surface area contributed by atoms with E-state index in [1.807, 2.05) is 13.8 Å². The van der Waals surface area contributed by atoms with Crippen LogP contribution in [0.1, 0.15) is 31.2 Å². The van der Waals surface area contributed by atoms with Crippen LogP contribution >= 0.6 is 11.6 Å². The first-order valence-corrected chi connectivity index (χ1v) is 6.85. The predicted molar refractivity (Wildman–Crippen MR) is 73.1 cm³/mol. The number of aromatic nitrogens is 2. The fourth-order valence-corrected chi connectivity index (χ4v) is 2.53. The van der Waals surface area contributed by atoms with Crippen LogP contribution in [-0.2, 0) is 4.74 Å². The molecule has 2 heterocycles. The number of nitrogens with zero attached hydrogens (tertiary/aromatic N) is 2. The minimum Gasteiger partial charge on any atom is -0.378 e. The molecule has 2 atom stereocenters. The van der Waals surface area contributed by atoms with E-state index in [2.05, 4.69) is 22.2 Å². The van der Waals surface area contributed by atoms with Gasteiger partial charge in [0.2, 0.25) is 0 Å². The van der Waals surface area contributed by atoms with Gasteiger partial charge in [0.1, 0.15) is 0 Å². The molecule has 0 radical (unpaired) electrons. The van der Waals surface area contributed by atoms with Crippen LogP contribution in [0.4, 0.5) is 5.82 Å². The second-order valence-corrected chi connectivity index (χ2v) is 5.14. The molecule has 100 valence electrons. The molecule has 1 aromatic heterocycles. The van der Waals surface area contributed by atoms with E-state index < -0.39 is 0 Å². The van der Waals surface area contributed by atoms with Crippen molar-refractivity contribution in [3.05, 3.63) is 16.5 Å². The number of aryl methyl sites for hydroxylation is 2. The molecular weight excluding hydrogens is 250 g/mol. The molecule has 0 spiro atoms. The van der Waals surface area contributed by atoms with Gasteiger partial charge in [-0.1, -0.05) is 18.5 Å². The number of hydrogen-bond acceptors (Lipinski definition) is 4. The highest BCUT2D eigenvalue weighted by Crippen LogP contribution is 2.25. The number of hydrogen-bond donors (Lipinski definition) is 1. The minimum atomic E-state index is 0.357. The summed E-state index contributed by atoms with van der Waals surface area (Å²) >= 11 is 6.09. The van der Waals surface area contributed by atoms with Gasteiger partial charge in [-0.05, 0) is 26.7 Å². The van der Waals surface area contributed by atoms with E-state index in [9.17, 15) is 0 Å². The number of anilines is 1. The summed E-state index contributed by atoms with van der Waals surface area (Å²) in [5.74, 6) is 1.22. The van der Waals surface area contributed by atoms with Crippen molar-refractivity contribution < 1.29 is 4.74 Å². The van der Waals surface area contributed by atoms with E-state index in [0.29, 0.717) is 23.0 Å². The summed E-state index contributed by atoms with van der Waals surface area (Å²) in [6.45, 7) is 7.71. The first-order valence-electron chi connectivity index (χ1n) is 6.48. The van der Waals surface area contributed by atoms with Crippen LogP contribution in [0.5, 0.6) is 0 Å². The highest BCUT2D eigenvalue weighted by atomic mass is 35.5. The van der Waals surface area contributed by atoms with Crippen molar-refractivity contribution in [1.29, 1.82) is 0 Å². The summed E-state index contributed by atoms with van der Waals surface area (Å²) in [5.41, 5.74) is 1.79. The maximum atomic E-state index is 6.09. The molecule has 1 saturated heterocycles. The summed E-state index contributed by atoms with van der Waals surface area (Å²) in [5, 5.41) is 3.75. The van der Waals surface area contributed by atoms with Gasteiger partial charge in [-0.2, -0.15) is 0 Å². The molecule has 18 heavy (non-hydrogen) atoms. The largest absolute Gasteiger partial charge is 0.378 e. The Labute approximate surface area is 113 Å². The van der Waals surface area contributed by atoms with Gasteiger partial charge in [0.05, 0.1) is 17.5 Å². The molecule has 1 aliphatic heterocycles.